The summed E-state index contributed by atoms with van der Waals surface area (Å²) in [5.74, 6) is 0. The van der Waals surface area contributed by atoms with Crippen LogP contribution in [0.25, 0.3) is 10.8 Å². The molecular formula is C11H9NO. The van der Waals surface area contributed by atoms with Crippen LogP contribution in [-0.2, 0) is 0 Å². The van der Waals surface area contributed by atoms with Crippen molar-refractivity contribution in [3.05, 3.63) is 42.0 Å². The lowest BCUT2D eigenvalue weighted by Gasteiger charge is -2.01. The normalized spacial score (nSPS) is 10.2. The number of rotatable bonds is 1. The molecule has 2 nitrogen and oxygen atoms in total. The van der Waals surface area contributed by atoms with Gasteiger partial charge in [-0.15, -0.1) is 0 Å². The number of aldehydes is 1. The summed E-state index contributed by atoms with van der Waals surface area (Å²) in [6.45, 7) is 0. The van der Waals surface area contributed by atoms with Gasteiger partial charge in [-0.05, 0) is 22.9 Å². The van der Waals surface area contributed by atoms with Crippen molar-refractivity contribution in [2.45, 2.75) is 0 Å². The molecule has 0 saturated heterocycles. The SMILES string of the molecule is Nc1cc(C=O)c2ccccc2c1. The first-order valence-corrected chi connectivity index (χ1v) is 4.05. The second-order valence-electron chi connectivity index (χ2n) is 2.95. The molecule has 2 aromatic rings. The van der Waals surface area contributed by atoms with Gasteiger partial charge in [-0.2, -0.15) is 0 Å². The number of benzene rings is 2. The van der Waals surface area contributed by atoms with Gasteiger partial charge in [0.05, 0.1) is 0 Å². The van der Waals surface area contributed by atoms with Gasteiger partial charge < -0.3 is 5.73 Å². The number of carbonyl (C=O) groups excluding carboxylic acids is 1. The van der Waals surface area contributed by atoms with Gasteiger partial charge >= 0.3 is 0 Å². The van der Waals surface area contributed by atoms with Crippen LogP contribution in [0, 0.1) is 0 Å². The zero-order valence-corrected chi connectivity index (χ0v) is 7.03. The lowest BCUT2D eigenvalue weighted by Crippen LogP contribution is -1.89. The number of hydrogen-bond donors (Lipinski definition) is 1. The third kappa shape index (κ3) is 1.26. The maximum Gasteiger partial charge on any atom is 0.150 e. The Bertz CT molecular complexity index is 463. The van der Waals surface area contributed by atoms with Crippen LogP contribution in [-0.4, -0.2) is 6.29 Å². The smallest absolute Gasteiger partial charge is 0.150 e. The minimum Gasteiger partial charge on any atom is -0.399 e. The van der Waals surface area contributed by atoms with Gasteiger partial charge in [0.2, 0.25) is 0 Å². The minimum atomic E-state index is 0.626. The number of fused-ring (bicyclic) bond motifs is 1. The van der Waals surface area contributed by atoms with Gasteiger partial charge in [0, 0.05) is 11.3 Å². The van der Waals surface area contributed by atoms with Crippen LogP contribution in [0.5, 0.6) is 0 Å². The van der Waals surface area contributed by atoms with E-state index in [2.05, 4.69) is 0 Å². The molecule has 0 fully saturated rings. The molecule has 0 aromatic heterocycles. The van der Waals surface area contributed by atoms with Crippen LogP contribution in [0.1, 0.15) is 10.4 Å². The Morgan fingerprint density at radius 2 is 1.92 bits per heavy atom. The van der Waals surface area contributed by atoms with Crippen molar-refractivity contribution in [1.82, 2.24) is 0 Å². The highest BCUT2D eigenvalue weighted by atomic mass is 16.1. The van der Waals surface area contributed by atoms with Gasteiger partial charge in [-0.3, -0.25) is 4.79 Å². The van der Waals surface area contributed by atoms with Gasteiger partial charge in [0.25, 0.3) is 0 Å². The highest BCUT2D eigenvalue weighted by molar-refractivity contribution is 5.99. The van der Waals surface area contributed by atoms with Gasteiger partial charge in [-0.25, -0.2) is 0 Å². The molecule has 0 radical (unpaired) electrons. The molecule has 2 heteroatoms. The molecule has 64 valence electrons. The van der Waals surface area contributed by atoms with Crippen LogP contribution in [0.15, 0.2) is 36.4 Å². The van der Waals surface area contributed by atoms with Crippen molar-refractivity contribution in [1.29, 1.82) is 0 Å². The molecule has 0 aliphatic rings. The molecule has 0 amide bonds. The highest BCUT2D eigenvalue weighted by Gasteiger charge is 1.99. The van der Waals surface area contributed by atoms with Crippen molar-refractivity contribution in [2.75, 3.05) is 5.73 Å². The molecule has 2 N–H and O–H groups in total. The van der Waals surface area contributed by atoms with E-state index >= 15 is 0 Å². The fourth-order valence-corrected chi connectivity index (χ4v) is 1.46. The molecule has 0 saturated carbocycles. The van der Waals surface area contributed by atoms with Gasteiger partial charge in [0.1, 0.15) is 0 Å². The van der Waals surface area contributed by atoms with E-state index in [9.17, 15) is 4.79 Å². The Hall–Kier alpha value is -1.83. The van der Waals surface area contributed by atoms with E-state index in [1.54, 1.807) is 6.07 Å². The molecule has 0 atom stereocenters. The molecule has 0 bridgehead atoms. The van der Waals surface area contributed by atoms with E-state index in [4.69, 9.17) is 5.73 Å². The third-order valence-corrected chi connectivity index (χ3v) is 2.04. The van der Waals surface area contributed by atoms with Crippen molar-refractivity contribution in [3.8, 4) is 0 Å². The van der Waals surface area contributed by atoms with Crippen LogP contribution >= 0.6 is 0 Å². The Labute approximate surface area is 76.0 Å². The zero-order valence-electron chi connectivity index (χ0n) is 7.03. The van der Waals surface area contributed by atoms with Crippen LogP contribution < -0.4 is 5.73 Å². The Kier molecular flexibility index (Phi) is 1.74. The molecule has 0 spiro atoms. The molecule has 0 heterocycles. The standard InChI is InChI=1S/C11H9NO/c12-10-5-8-3-1-2-4-11(8)9(6-10)7-13/h1-7H,12H2. The molecular weight excluding hydrogens is 162 g/mol. The fourth-order valence-electron chi connectivity index (χ4n) is 1.46. The average Bonchev–Trinajstić information content (AvgIpc) is 2.16. The highest BCUT2D eigenvalue weighted by Crippen LogP contribution is 2.20. The first-order chi connectivity index (χ1) is 6.31. The predicted octanol–water partition coefficient (Wildman–Crippen LogP) is 2.23. The van der Waals surface area contributed by atoms with Crippen molar-refractivity contribution < 1.29 is 4.79 Å². The fraction of sp³-hybridized carbons (Fsp3) is 0. The summed E-state index contributed by atoms with van der Waals surface area (Å²) >= 11 is 0. The Morgan fingerprint density at radius 3 is 2.69 bits per heavy atom. The summed E-state index contributed by atoms with van der Waals surface area (Å²) in [6.07, 6.45) is 0.832. The maximum absolute atomic E-state index is 10.7. The van der Waals surface area contributed by atoms with E-state index in [-0.39, 0.29) is 0 Å². The van der Waals surface area contributed by atoms with Gasteiger partial charge in [0.15, 0.2) is 6.29 Å². The van der Waals surface area contributed by atoms with E-state index in [1.807, 2.05) is 30.3 Å². The van der Waals surface area contributed by atoms with Gasteiger partial charge in [-0.1, -0.05) is 24.3 Å². The summed E-state index contributed by atoms with van der Waals surface area (Å²) in [5, 5.41) is 1.95. The minimum absolute atomic E-state index is 0.626. The van der Waals surface area contributed by atoms with Crippen LogP contribution in [0.2, 0.25) is 0 Å². The van der Waals surface area contributed by atoms with E-state index < -0.39 is 0 Å². The zero-order chi connectivity index (χ0) is 9.26. The maximum atomic E-state index is 10.7. The molecule has 2 rings (SSSR count). The second kappa shape index (κ2) is 2.90. The summed E-state index contributed by atoms with van der Waals surface area (Å²) in [5.41, 5.74) is 6.92. The Balaban J connectivity index is 2.89. The first kappa shape index (κ1) is 7.80. The molecule has 0 aliphatic carbocycles. The van der Waals surface area contributed by atoms with Crippen molar-refractivity contribution in [2.24, 2.45) is 0 Å². The second-order valence-corrected chi connectivity index (χ2v) is 2.95. The topological polar surface area (TPSA) is 43.1 Å². The number of hydrogen-bond acceptors (Lipinski definition) is 2. The summed E-state index contributed by atoms with van der Waals surface area (Å²) in [7, 11) is 0. The van der Waals surface area contributed by atoms with Crippen LogP contribution in [0.3, 0.4) is 0 Å². The third-order valence-electron chi connectivity index (χ3n) is 2.04. The number of nitrogen functional groups attached to an aromatic ring is 1. The first-order valence-electron chi connectivity index (χ1n) is 4.05. The number of carbonyl (C=O) groups is 1. The largest absolute Gasteiger partial charge is 0.399 e. The average molecular weight is 171 g/mol. The monoisotopic (exact) mass is 171 g/mol. The lowest BCUT2D eigenvalue weighted by molar-refractivity contribution is 0.112. The molecule has 2 aromatic carbocycles. The molecule has 0 unspecified atom stereocenters. The quantitative estimate of drug-likeness (QED) is 0.528. The summed E-state index contributed by atoms with van der Waals surface area (Å²) in [6, 6.07) is 11.2. The van der Waals surface area contributed by atoms with Crippen molar-refractivity contribution >= 4 is 22.7 Å². The van der Waals surface area contributed by atoms with E-state index in [1.165, 1.54) is 0 Å². The predicted molar refractivity (Wildman–Crippen MR) is 53.7 cm³/mol. The van der Waals surface area contributed by atoms with E-state index in [0.29, 0.717) is 11.3 Å². The Morgan fingerprint density at radius 1 is 1.15 bits per heavy atom. The van der Waals surface area contributed by atoms with Crippen molar-refractivity contribution in [3.63, 3.8) is 0 Å². The lowest BCUT2D eigenvalue weighted by atomic mass is 10.0. The summed E-state index contributed by atoms with van der Waals surface area (Å²) < 4.78 is 0. The van der Waals surface area contributed by atoms with Crippen LogP contribution in [0.4, 0.5) is 5.69 Å². The number of anilines is 1. The molecule has 0 aliphatic heterocycles. The summed E-state index contributed by atoms with van der Waals surface area (Å²) in [4.78, 5) is 10.7. The number of nitrogens with two attached hydrogens (primary N) is 1. The van der Waals surface area contributed by atoms with E-state index in [0.717, 1.165) is 17.1 Å². The molecule has 13 heavy (non-hydrogen) atoms.